The molecule has 2 aliphatic rings. The van der Waals surface area contributed by atoms with Crippen LogP contribution in [0.5, 0.6) is 0 Å². The van der Waals surface area contributed by atoms with Gasteiger partial charge < -0.3 is 24.4 Å². The van der Waals surface area contributed by atoms with Gasteiger partial charge in [-0.2, -0.15) is 0 Å². The highest BCUT2D eigenvalue weighted by molar-refractivity contribution is 5.93. The van der Waals surface area contributed by atoms with E-state index in [1.807, 2.05) is 78.9 Å². The third kappa shape index (κ3) is 7.09. The Hall–Kier alpha value is -4.92. The first-order valence-corrected chi connectivity index (χ1v) is 15.2. The lowest BCUT2D eigenvalue weighted by atomic mass is 9.98. The highest BCUT2D eigenvalue weighted by atomic mass is 16.6. The lowest BCUT2D eigenvalue weighted by molar-refractivity contribution is -0.166. The Balaban J connectivity index is 1.28. The van der Waals surface area contributed by atoms with Crippen LogP contribution in [-0.2, 0) is 34.2 Å². The Labute approximate surface area is 263 Å². The number of rotatable bonds is 11. The fourth-order valence-corrected chi connectivity index (χ4v) is 6.05. The van der Waals surface area contributed by atoms with Crippen LogP contribution in [0.25, 0.3) is 11.1 Å². The zero-order valence-corrected chi connectivity index (χ0v) is 25.6. The van der Waals surface area contributed by atoms with Crippen LogP contribution < -0.4 is 5.32 Å². The maximum atomic E-state index is 13.8. The van der Waals surface area contributed by atoms with Crippen LogP contribution in [0.3, 0.4) is 0 Å². The van der Waals surface area contributed by atoms with E-state index in [1.165, 1.54) is 11.0 Å². The lowest BCUT2D eigenvalue weighted by Gasteiger charge is -2.31. The molecule has 1 saturated heterocycles. The lowest BCUT2D eigenvalue weighted by Crippen LogP contribution is -2.53. The number of alkyl carbamates (subject to hydrolysis) is 1. The monoisotopic (exact) mass is 610 g/mol. The van der Waals surface area contributed by atoms with E-state index in [9.17, 15) is 19.2 Å². The fraction of sp³-hybridized carbons (Fsp3) is 0.333. The summed E-state index contributed by atoms with van der Waals surface area (Å²) in [5.41, 5.74) is 4.15. The van der Waals surface area contributed by atoms with Gasteiger partial charge in [0.1, 0.15) is 30.9 Å². The van der Waals surface area contributed by atoms with Crippen molar-refractivity contribution in [3.8, 4) is 11.1 Å². The van der Waals surface area contributed by atoms with Crippen molar-refractivity contribution >= 4 is 23.9 Å². The summed E-state index contributed by atoms with van der Waals surface area (Å²) >= 11 is 0. The van der Waals surface area contributed by atoms with Gasteiger partial charge in [0.2, 0.25) is 5.91 Å². The van der Waals surface area contributed by atoms with Gasteiger partial charge in [-0.25, -0.2) is 9.59 Å². The Morgan fingerprint density at radius 3 is 2.20 bits per heavy atom. The van der Waals surface area contributed by atoms with Crippen LogP contribution in [0.15, 0.2) is 91.5 Å². The zero-order chi connectivity index (χ0) is 32.0. The van der Waals surface area contributed by atoms with Gasteiger partial charge in [-0.3, -0.25) is 9.59 Å². The summed E-state index contributed by atoms with van der Waals surface area (Å²) in [5.74, 6) is -2.02. The van der Waals surface area contributed by atoms with E-state index in [0.717, 1.165) is 27.8 Å². The van der Waals surface area contributed by atoms with Crippen molar-refractivity contribution in [1.82, 2.24) is 10.2 Å². The van der Waals surface area contributed by atoms with Crippen LogP contribution in [0, 0.1) is 0 Å². The number of hydrogen-bond acceptors (Lipinski definition) is 7. The van der Waals surface area contributed by atoms with Gasteiger partial charge in [-0.15, -0.1) is 0 Å². The number of amides is 2. The van der Waals surface area contributed by atoms with E-state index in [-0.39, 0.29) is 25.7 Å². The molecule has 45 heavy (non-hydrogen) atoms. The van der Waals surface area contributed by atoms with Gasteiger partial charge in [0.15, 0.2) is 0 Å². The molecular formula is C36H38N2O7. The third-order valence-electron chi connectivity index (χ3n) is 8.30. The quantitative estimate of drug-likeness (QED) is 0.174. The maximum Gasteiger partial charge on any atom is 0.407 e. The predicted octanol–water partition coefficient (Wildman–Crippen LogP) is 5.48. The predicted molar refractivity (Wildman–Crippen MR) is 168 cm³/mol. The van der Waals surface area contributed by atoms with Crippen LogP contribution >= 0.6 is 0 Å². The molecular weight excluding hydrogens is 572 g/mol. The standard InChI is InChI=1S/C36H38N2O7/c1-4-21-43-32(39)22-30(33(40)38-20-12-19-31(38)34(41)45-36(2,3)24-13-6-5-7-14-24)37-35(42)44-23-29-27-17-10-8-15-25(27)26-16-9-11-18-28(26)29/h4-11,13-18,29-31H,1,12,19-23H2,2-3H3,(H,37,42)/t30-,31?/m0/s1. The van der Waals surface area contributed by atoms with Gasteiger partial charge in [0, 0.05) is 12.5 Å². The average molecular weight is 611 g/mol. The van der Waals surface area contributed by atoms with Crippen molar-refractivity contribution in [2.75, 3.05) is 19.8 Å². The van der Waals surface area contributed by atoms with Crippen LogP contribution in [0.1, 0.15) is 55.7 Å². The highest BCUT2D eigenvalue weighted by Gasteiger charge is 2.41. The Bertz CT molecular complexity index is 1520. The summed E-state index contributed by atoms with van der Waals surface area (Å²) in [6.45, 7) is 7.39. The zero-order valence-electron chi connectivity index (χ0n) is 25.6. The van der Waals surface area contributed by atoms with Gasteiger partial charge in [0.25, 0.3) is 0 Å². The molecule has 1 heterocycles. The number of nitrogens with one attached hydrogen (secondary N) is 1. The van der Waals surface area contributed by atoms with Gasteiger partial charge in [-0.05, 0) is 54.5 Å². The molecule has 2 atom stereocenters. The molecule has 0 bridgehead atoms. The molecule has 3 aromatic carbocycles. The largest absolute Gasteiger partial charge is 0.461 e. The molecule has 1 unspecified atom stereocenters. The molecule has 234 valence electrons. The summed E-state index contributed by atoms with van der Waals surface area (Å²) in [6, 6.07) is 23.1. The molecule has 0 radical (unpaired) electrons. The second-order valence-corrected chi connectivity index (χ2v) is 11.7. The number of nitrogens with zero attached hydrogens (tertiary/aromatic N) is 1. The van der Waals surface area contributed by atoms with Gasteiger partial charge in [-0.1, -0.05) is 91.5 Å². The van der Waals surface area contributed by atoms with Crippen molar-refractivity contribution in [3.05, 3.63) is 108 Å². The minimum Gasteiger partial charge on any atom is -0.461 e. The topological polar surface area (TPSA) is 111 Å². The maximum absolute atomic E-state index is 13.8. The molecule has 9 heteroatoms. The number of hydrogen-bond donors (Lipinski definition) is 1. The molecule has 0 spiro atoms. The van der Waals surface area contributed by atoms with E-state index in [0.29, 0.717) is 12.8 Å². The van der Waals surface area contributed by atoms with Gasteiger partial charge in [0.05, 0.1) is 6.42 Å². The second kappa shape index (κ2) is 13.8. The number of esters is 2. The van der Waals surface area contributed by atoms with Crippen molar-refractivity contribution in [2.45, 2.75) is 56.7 Å². The molecule has 5 rings (SSSR count). The molecule has 1 aliphatic carbocycles. The first-order valence-electron chi connectivity index (χ1n) is 15.2. The van der Waals surface area contributed by atoms with Crippen molar-refractivity contribution < 1.29 is 33.4 Å². The second-order valence-electron chi connectivity index (χ2n) is 11.7. The molecule has 1 aliphatic heterocycles. The smallest absolute Gasteiger partial charge is 0.407 e. The molecule has 2 amide bonds. The molecule has 1 N–H and O–H groups in total. The average Bonchev–Trinajstić information content (AvgIpc) is 3.66. The number of benzene rings is 3. The highest BCUT2D eigenvalue weighted by Crippen LogP contribution is 2.44. The summed E-state index contributed by atoms with van der Waals surface area (Å²) in [4.78, 5) is 54.3. The van der Waals surface area contributed by atoms with Crippen LogP contribution in [-0.4, -0.2) is 60.7 Å². The van der Waals surface area contributed by atoms with Gasteiger partial charge >= 0.3 is 18.0 Å². The number of likely N-dealkylation sites (tertiary alicyclic amines) is 1. The fourth-order valence-electron chi connectivity index (χ4n) is 6.05. The van der Waals surface area contributed by atoms with E-state index in [1.54, 1.807) is 13.8 Å². The first kappa shape index (κ1) is 31.5. The van der Waals surface area contributed by atoms with E-state index in [4.69, 9.17) is 14.2 Å². The van der Waals surface area contributed by atoms with Crippen LogP contribution in [0.4, 0.5) is 4.79 Å². The van der Waals surface area contributed by atoms with Crippen LogP contribution in [0.2, 0.25) is 0 Å². The Morgan fingerprint density at radius 1 is 0.933 bits per heavy atom. The van der Waals surface area contributed by atoms with E-state index >= 15 is 0 Å². The van der Waals surface area contributed by atoms with E-state index in [2.05, 4.69) is 11.9 Å². The molecule has 1 fully saturated rings. The summed E-state index contributed by atoms with van der Waals surface area (Å²) < 4.78 is 16.7. The third-order valence-corrected chi connectivity index (χ3v) is 8.30. The normalized spacial score (nSPS) is 16.2. The summed E-state index contributed by atoms with van der Waals surface area (Å²) in [5, 5.41) is 2.58. The molecule has 0 saturated carbocycles. The molecule has 3 aromatic rings. The number of carbonyl (C=O) groups excluding carboxylic acids is 4. The molecule has 9 nitrogen and oxygen atoms in total. The number of fused-ring (bicyclic) bond motifs is 3. The van der Waals surface area contributed by atoms with E-state index < -0.39 is 48.0 Å². The summed E-state index contributed by atoms with van der Waals surface area (Å²) in [6.07, 6.45) is 1.08. The molecule has 0 aromatic heterocycles. The van der Waals surface area contributed by atoms with Crippen molar-refractivity contribution in [2.24, 2.45) is 0 Å². The number of ether oxygens (including phenoxy) is 3. The number of carbonyl (C=O) groups is 4. The minimum atomic E-state index is -1.31. The van der Waals surface area contributed by atoms with Crippen molar-refractivity contribution in [3.63, 3.8) is 0 Å². The minimum absolute atomic E-state index is 0.0366. The Morgan fingerprint density at radius 2 is 1.56 bits per heavy atom. The Kier molecular flexibility index (Phi) is 9.66. The van der Waals surface area contributed by atoms with Crippen molar-refractivity contribution in [1.29, 1.82) is 0 Å². The first-order chi connectivity index (χ1) is 21.7. The SMILES string of the molecule is C=CCOC(=O)C[C@H](NC(=O)OCC1c2ccccc2-c2ccccc21)C(=O)N1CCCC1C(=O)OC(C)(C)c1ccccc1. The summed E-state index contributed by atoms with van der Waals surface area (Å²) in [7, 11) is 0.